The SMILES string of the molecule is FC(F)C(F)(F)COC(F)(F)C(F)F. The van der Waals surface area contributed by atoms with Gasteiger partial charge in [-0.2, -0.15) is 17.6 Å². The largest absolute Gasteiger partial charge is 0.416 e. The first-order valence-corrected chi connectivity index (χ1v) is 3.05. The first-order valence-electron chi connectivity index (χ1n) is 3.05. The summed E-state index contributed by atoms with van der Waals surface area (Å²) in [6.45, 7) is -2.47. The third-order valence-electron chi connectivity index (χ3n) is 1.03. The summed E-state index contributed by atoms with van der Waals surface area (Å²) in [5.74, 6) is -4.88. The lowest BCUT2D eigenvalue weighted by Crippen LogP contribution is -2.39. The predicted molar refractivity (Wildman–Crippen MR) is 27.9 cm³/mol. The highest BCUT2D eigenvalue weighted by Crippen LogP contribution is 2.29. The van der Waals surface area contributed by atoms with Crippen molar-refractivity contribution in [1.82, 2.24) is 0 Å². The molecule has 14 heavy (non-hydrogen) atoms. The van der Waals surface area contributed by atoms with Crippen LogP contribution >= 0.6 is 0 Å². The second kappa shape index (κ2) is 4.28. The van der Waals surface area contributed by atoms with Crippen LogP contribution in [0.15, 0.2) is 0 Å². The summed E-state index contributed by atoms with van der Waals surface area (Å²) in [6, 6.07) is 0. The highest BCUT2D eigenvalue weighted by Gasteiger charge is 2.48. The van der Waals surface area contributed by atoms with Gasteiger partial charge in [0.2, 0.25) is 0 Å². The number of ether oxygens (including phenoxy) is 1. The summed E-state index contributed by atoms with van der Waals surface area (Å²) in [6.07, 6.45) is -13.8. The lowest BCUT2D eigenvalue weighted by Gasteiger charge is -2.20. The van der Waals surface area contributed by atoms with Gasteiger partial charge < -0.3 is 4.74 Å². The maximum Gasteiger partial charge on any atom is 0.416 e. The van der Waals surface area contributed by atoms with E-state index in [4.69, 9.17) is 0 Å². The van der Waals surface area contributed by atoms with Gasteiger partial charge in [-0.3, -0.25) is 0 Å². The predicted octanol–water partition coefficient (Wildman–Crippen LogP) is 2.76. The first kappa shape index (κ1) is 13.4. The molecule has 0 aliphatic carbocycles. The molecule has 0 aromatic carbocycles. The van der Waals surface area contributed by atoms with Crippen LogP contribution in [0.4, 0.5) is 35.1 Å². The van der Waals surface area contributed by atoms with Crippen molar-refractivity contribution in [3.05, 3.63) is 0 Å². The van der Waals surface area contributed by atoms with Crippen LogP contribution in [0.2, 0.25) is 0 Å². The van der Waals surface area contributed by atoms with Crippen molar-refractivity contribution >= 4 is 0 Å². The molecule has 0 spiro atoms. The molecule has 0 atom stereocenters. The Kier molecular flexibility index (Phi) is 4.10. The highest BCUT2D eigenvalue weighted by molar-refractivity contribution is 4.69. The van der Waals surface area contributed by atoms with Crippen LogP contribution in [-0.4, -0.2) is 31.5 Å². The van der Waals surface area contributed by atoms with E-state index in [-0.39, 0.29) is 0 Å². The second-order valence-corrected chi connectivity index (χ2v) is 2.21. The van der Waals surface area contributed by atoms with Gasteiger partial charge in [-0.25, -0.2) is 17.6 Å². The fourth-order valence-corrected chi connectivity index (χ4v) is 0.318. The molecular formula is C5H4F8O. The highest BCUT2D eigenvalue weighted by atomic mass is 19.3. The summed E-state index contributed by atoms with van der Waals surface area (Å²) < 4.78 is 95.3. The summed E-state index contributed by atoms with van der Waals surface area (Å²) in [5.41, 5.74) is 0. The number of alkyl halides is 8. The molecular weight excluding hydrogens is 228 g/mol. The van der Waals surface area contributed by atoms with Crippen LogP contribution < -0.4 is 0 Å². The molecule has 0 amide bonds. The molecule has 0 aromatic heterocycles. The van der Waals surface area contributed by atoms with Crippen LogP contribution in [0.1, 0.15) is 0 Å². The van der Waals surface area contributed by atoms with Crippen molar-refractivity contribution in [3.63, 3.8) is 0 Å². The minimum absolute atomic E-state index is 2.47. The van der Waals surface area contributed by atoms with Crippen molar-refractivity contribution in [1.29, 1.82) is 0 Å². The molecule has 0 bridgehead atoms. The molecule has 0 radical (unpaired) electrons. The van der Waals surface area contributed by atoms with Gasteiger partial charge in [-0.15, -0.1) is 0 Å². The van der Waals surface area contributed by atoms with Crippen LogP contribution in [-0.2, 0) is 4.74 Å². The maximum atomic E-state index is 11.9. The molecule has 9 heteroatoms. The summed E-state index contributed by atoms with van der Waals surface area (Å²) in [5, 5.41) is 0. The van der Waals surface area contributed by atoms with Crippen molar-refractivity contribution in [2.24, 2.45) is 0 Å². The van der Waals surface area contributed by atoms with E-state index in [1.54, 1.807) is 0 Å². The normalized spacial score (nSPS) is 14.1. The van der Waals surface area contributed by atoms with Gasteiger partial charge in [0.1, 0.15) is 6.61 Å². The zero-order chi connectivity index (χ0) is 11.6. The number of hydrogen-bond donors (Lipinski definition) is 0. The van der Waals surface area contributed by atoms with E-state index in [9.17, 15) is 35.1 Å². The molecule has 0 fully saturated rings. The third-order valence-corrected chi connectivity index (χ3v) is 1.03. The fourth-order valence-electron chi connectivity index (χ4n) is 0.318. The van der Waals surface area contributed by atoms with Crippen LogP contribution in [0.5, 0.6) is 0 Å². The first-order chi connectivity index (χ1) is 6.09. The Morgan fingerprint density at radius 2 is 1.29 bits per heavy atom. The zero-order valence-corrected chi connectivity index (χ0v) is 6.29. The lowest BCUT2D eigenvalue weighted by atomic mass is 10.4. The number of halogens is 8. The minimum atomic E-state index is -5.15. The summed E-state index contributed by atoms with van der Waals surface area (Å²) in [7, 11) is 0. The average Bonchev–Trinajstić information content (AvgIpc) is 2.01. The van der Waals surface area contributed by atoms with Crippen molar-refractivity contribution in [3.8, 4) is 0 Å². The third kappa shape index (κ3) is 3.64. The van der Waals surface area contributed by atoms with E-state index >= 15 is 0 Å². The van der Waals surface area contributed by atoms with Gasteiger partial charge in [-0.05, 0) is 0 Å². The molecule has 0 aliphatic heterocycles. The molecule has 1 nitrogen and oxygen atoms in total. The Morgan fingerprint density at radius 3 is 1.57 bits per heavy atom. The molecule has 0 aromatic rings. The minimum Gasteiger partial charge on any atom is -0.309 e. The molecule has 0 heterocycles. The van der Waals surface area contributed by atoms with Crippen molar-refractivity contribution in [2.45, 2.75) is 24.9 Å². The topological polar surface area (TPSA) is 9.23 Å². The van der Waals surface area contributed by atoms with E-state index in [2.05, 4.69) is 4.74 Å². The van der Waals surface area contributed by atoms with E-state index < -0.39 is 31.5 Å². The van der Waals surface area contributed by atoms with Gasteiger partial charge in [0.05, 0.1) is 0 Å². The molecule has 0 unspecified atom stereocenters. The standard InChI is InChI=1S/C5H4F8O/c6-2(7)4(10,11)1-14-5(12,13)3(8)9/h2-3H,1H2. The monoisotopic (exact) mass is 232 g/mol. The Morgan fingerprint density at radius 1 is 0.857 bits per heavy atom. The van der Waals surface area contributed by atoms with Crippen LogP contribution in [0.25, 0.3) is 0 Å². The second-order valence-electron chi connectivity index (χ2n) is 2.21. The number of hydrogen-bond acceptors (Lipinski definition) is 1. The summed E-state index contributed by atoms with van der Waals surface area (Å²) in [4.78, 5) is 0. The molecule has 0 aliphatic rings. The Balaban J connectivity index is 4.18. The molecule has 0 N–H and O–H groups in total. The van der Waals surface area contributed by atoms with Gasteiger partial charge in [0.15, 0.2) is 0 Å². The zero-order valence-electron chi connectivity index (χ0n) is 6.29. The lowest BCUT2D eigenvalue weighted by molar-refractivity contribution is -0.325. The molecule has 0 saturated heterocycles. The average molecular weight is 232 g/mol. The quantitative estimate of drug-likeness (QED) is 0.662. The Hall–Kier alpha value is -0.600. The van der Waals surface area contributed by atoms with Crippen molar-refractivity contribution in [2.75, 3.05) is 6.61 Å². The smallest absolute Gasteiger partial charge is 0.309 e. The van der Waals surface area contributed by atoms with E-state index in [0.29, 0.717) is 0 Å². The fraction of sp³-hybridized carbons (Fsp3) is 1.00. The van der Waals surface area contributed by atoms with Crippen LogP contribution in [0, 0.1) is 0 Å². The maximum absolute atomic E-state index is 11.9. The van der Waals surface area contributed by atoms with Gasteiger partial charge in [0, 0.05) is 0 Å². The molecule has 0 rings (SSSR count). The van der Waals surface area contributed by atoms with E-state index in [0.717, 1.165) is 0 Å². The van der Waals surface area contributed by atoms with E-state index in [1.807, 2.05) is 0 Å². The van der Waals surface area contributed by atoms with Crippen LogP contribution in [0.3, 0.4) is 0 Å². The Labute approximate surface area is 72.6 Å². The van der Waals surface area contributed by atoms with Gasteiger partial charge >= 0.3 is 24.9 Å². The Bertz CT molecular complexity index is 159. The molecule has 86 valence electrons. The van der Waals surface area contributed by atoms with Crippen molar-refractivity contribution < 1.29 is 39.9 Å². The molecule has 0 saturated carbocycles. The van der Waals surface area contributed by atoms with Gasteiger partial charge in [0.25, 0.3) is 0 Å². The number of rotatable bonds is 5. The summed E-state index contributed by atoms with van der Waals surface area (Å²) >= 11 is 0. The van der Waals surface area contributed by atoms with Gasteiger partial charge in [-0.1, -0.05) is 0 Å². The van der Waals surface area contributed by atoms with E-state index in [1.165, 1.54) is 0 Å².